The van der Waals surface area contributed by atoms with E-state index in [1.807, 2.05) is 34.3 Å². The second-order valence-corrected chi connectivity index (χ2v) is 4.50. The fourth-order valence-electron chi connectivity index (χ4n) is 1.77. The summed E-state index contributed by atoms with van der Waals surface area (Å²) in [4.78, 5) is 5.28. The third kappa shape index (κ3) is 1.54. The van der Waals surface area contributed by atoms with Gasteiger partial charge in [0.2, 0.25) is 0 Å². The summed E-state index contributed by atoms with van der Waals surface area (Å²) >= 11 is 1.61. The van der Waals surface area contributed by atoms with Crippen LogP contribution in [-0.2, 0) is 6.42 Å². The number of aromatic nitrogens is 2. The van der Waals surface area contributed by atoms with Crippen LogP contribution in [-0.4, -0.2) is 9.38 Å². The lowest BCUT2D eigenvalue weighted by Crippen LogP contribution is -2.14. The summed E-state index contributed by atoms with van der Waals surface area (Å²) in [7, 11) is 0. The van der Waals surface area contributed by atoms with Crippen molar-refractivity contribution in [1.82, 2.24) is 9.38 Å². The molecule has 0 saturated carbocycles. The predicted molar refractivity (Wildman–Crippen MR) is 62.4 cm³/mol. The Bertz CT molecular complexity index is 581. The zero-order valence-electron chi connectivity index (χ0n) is 8.54. The van der Waals surface area contributed by atoms with E-state index in [1.54, 1.807) is 17.6 Å². The fourth-order valence-corrected chi connectivity index (χ4v) is 2.47. The summed E-state index contributed by atoms with van der Waals surface area (Å²) in [5, 5.41) is 2.01. The molecule has 0 radical (unpaired) electrons. The van der Waals surface area contributed by atoms with Crippen molar-refractivity contribution < 1.29 is 4.42 Å². The van der Waals surface area contributed by atoms with Gasteiger partial charge in [-0.25, -0.2) is 4.98 Å². The van der Waals surface area contributed by atoms with Crippen molar-refractivity contribution in [3.05, 3.63) is 47.6 Å². The molecule has 2 N–H and O–H groups in total. The van der Waals surface area contributed by atoms with E-state index in [0.717, 1.165) is 16.4 Å². The molecule has 0 aliphatic rings. The second-order valence-electron chi connectivity index (χ2n) is 3.63. The highest BCUT2D eigenvalue weighted by molar-refractivity contribution is 7.15. The molecule has 3 rings (SSSR count). The van der Waals surface area contributed by atoms with Crippen molar-refractivity contribution in [3.8, 4) is 0 Å². The lowest BCUT2D eigenvalue weighted by Gasteiger charge is -2.08. The predicted octanol–water partition coefficient (Wildman–Crippen LogP) is 2.23. The molecule has 0 aliphatic carbocycles. The summed E-state index contributed by atoms with van der Waals surface area (Å²) < 4.78 is 7.31. The molecule has 0 fully saturated rings. The second kappa shape index (κ2) is 3.77. The number of thiazole rings is 1. The van der Waals surface area contributed by atoms with Gasteiger partial charge in [0.15, 0.2) is 4.96 Å². The maximum absolute atomic E-state index is 6.14. The minimum atomic E-state index is -0.0873. The molecular formula is C11H11N3OS. The van der Waals surface area contributed by atoms with Crippen molar-refractivity contribution in [1.29, 1.82) is 0 Å². The minimum Gasteiger partial charge on any atom is -0.469 e. The van der Waals surface area contributed by atoms with Gasteiger partial charge in [0.25, 0.3) is 0 Å². The molecule has 0 bridgehead atoms. The molecule has 5 heteroatoms. The van der Waals surface area contributed by atoms with Gasteiger partial charge in [0, 0.05) is 18.0 Å². The minimum absolute atomic E-state index is 0.0873. The summed E-state index contributed by atoms with van der Waals surface area (Å²) in [5.41, 5.74) is 7.16. The quantitative estimate of drug-likeness (QED) is 0.754. The Morgan fingerprint density at radius 1 is 1.56 bits per heavy atom. The molecule has 3 aromatic heterocycles. The molecule has 1 unspecified atom stereocenters. The Balaban J connectivity index is 1.90. The number of hydrogen-bond donors (Lipinski definition) is 1. The lowest BCUT2D eigenvalue weighted by molar-refractivity contribution is 0.485. The number of fused-ring (bicyclic) bond motifs is 1. The highest BCUT2D eigenvalue weighted by Crippen LogP contribution is 2.20. The third-order valence-electron chi connectivity index (χ3n) is 2.56. The van der Waals surface area contributed by atoms with E-state index >= 15 is 0 Å². The first-order chi connectivity index (χ1) is 7.84. The van der Waals surface area contributed by atoms with Crippen LogP contribution >= 0.6 is 11.3 Å². The molecule has 4 nitrogen and oxygen atoms in total. The molecular weight excluding hydrogens is 222 g/mol. The molecule has 82 valence electrons. The van der Waals surface area contributed by atoms with Crippen molar-refractivity contribution in [2.45, 2.75) is 12.5 Å². The maximum Gasteiger partial charge on any atom is 0.193 e. The van der Waals surface area contributed by atoms with Crippen LogP contribution in [0.1, 0.15) is 17.5 Å². The van der Waals surface area contributed by atoms with E-state index in [-0.39, 0.29) is 6.04 Å². The largest absolute Gasteiger partial charge is 0.469 e. The Kier molecular flexibility index (Phi) is 2.27. The summed E-state index contributed by atoms with van der Waals surface area (Å²) in [6.45, 7) is 0. The topological polar surface area (TPSA) is 56.5 Å². The van der Waals surface area contributed by atoms with E-state index in [4.69, 9.17) is 10.2 Å². The van der Waals surface area contributed by atoms with Crippen molar-refractivity contribution in [2.75, 3.05) is 0 Å². The number of furan rings is 1. The first kappa shape index (κ1) is 9.62. The van der Waals surface area contributed by atoms with Gasteiger partial charge >= 0.3 is 0 Å². The molecule has 0 aliphatic heterocycles. The van der Waals surface area contributed by atoms with Gasteiger partial charge in [-0.15, -0.1) is 11.3 Å². The molecule has 1 atom stereocenters. The molecule has 3 heterocycles. The molecule has 0 saturated heterocycles. The van der Waals surface area contributed by atoms with Crippen molar-refractivity contribution >= 4 is 16.3 Å². The number of nitrogens with two attached hydrogens (primary N) is 1. The molecule has 0 amide bonds. The Morgan fingerprint density at radius 2 is 2.50 bits per heavy atom. The smallest absolute Gasteiger partial charge is 0.193 e. The van der Waals surface area contributed by atoms with Crippen LogP contribution < -0.4 is 5.73 Å². The zero-order chi connectivity index (χ0) is 11.0. The highest BCUT2D eigenvalue weighted by Gasteiger charge is 2.14. The number of nitrogens with zero attached hydrogens (tertiary/aromatic N) is 2. The average molecular weight is 233 g/mol. The SMILES string of the molecule is NC(Cc1ccco1)c1cnc2sccn12. The monoisotopic (exact) mass is 233 g/mol. The Labute approximate surface area is 96.3 Å². The van der Waals surface area contributed by atoms with Crippen LogP contribution in [0.4, 0.5) is 0 Å². The van der Waals surface area contributed by atoms with Gasteiger partial charge in [-0.3, -0.25) is 4.40 Å². The van der Waals surface area contributed by atoms with Crippen LogP contribution in [0, 0.1) is 0 Å². The van der Waals surface area contributed by atoms with Gasteiger partial charge in [-0.2, -0.15) is 0 Å². The van der Waals surface area contributed by atoms with E-state index < -0.39 is 0 Å². The van der Waals surface area contributed by atoms with Gasteiger partial charge in [-0.05, 0) is 12.1 Å². The number of rotatable bonds is 3. The first-order valence-electron chi connectivity index (χ1n) is 5.03. The van der Waals surface area contributed by atoms with Crippen LogP contribution in [0.15, 0.2) is 40.6 Å². The van der Waals surface area contributed by atoms with Gasteiger partial charge in [-0.1, -0.05) is 0 Å². The van der Waals surface area contributed by atoms with Gasteiger partial charge < -0.3 is 10.2 Å². The normalized spacial score (nSPS) is 13.3. The van der Waals surface area contributed by atoms with Crippen molar-refractivity contribution in [3.63, 3.8) is 0 Å². The number of imidazole rings is 1. The fraction of sp³-hybridized carbons (Fsp3) is 0.182. The van der Waals surface area contributed by atoms with E-state index in [1.165, 1.54) is 0 Å². The van der Waals surface area contributed by atoms with Gasteiger partial charge in [0.1, 0.15) is 5.76 Å². The van der Waals surface area contributed by atoms with Crippen LogP contribution in [0.3, 0.4) is 0 Å². The average Bonchev–Trinajstić information content (AvgIpc) is 2.92. The molecule has 0 aromatic carbocycles. The van der Waals surface area contributed by atoms with E-state index in [9.17, 15) is 0 Å². The first-order valence-corrected chi connectivity index (χ1v) is 5.91. The summed E-state index contributed by atoms with van der Waals surface area (Å²) in [6.07, 6.45) is 6.18. The lowest BCUT2D eigenvalue weighted by atomic mass is 10.1. The third-order valence-corrected chi connectivity index (χ3v) is 3.33. The van der Waals surface area contributed by atoms with Gasteiger partial charge in [0.05, 0.1) is 24.2 Å². The summed E-state index contributed by atoms with van der Waals surface area (Å²) in [6, 6.07) is 3.72. The summed E-state index contributed by atoms with van der Waals surface area (Å²) in [5.74, 6) is 0.901. The zero-order valence-corrected chi connectivity index (χ0v) is 9.35. The highest BCUT2D eigenvalue weighted by atomic mass is 32.1. The molecule has 0 spiro atoms. The van der Waals surface area contributed by atoms with Crippen LogP contribution in [0.5, 0.6) is 0 Å². The maximum atomic E-state index is 6.14. The molecule has 3 aromatic rings. The van der Waals surface area contributed by atoms with Crippen LogP contribution in [0.25, 0.3) is 4.96 Å². The van der Waals surface area contributed by atoms with E-state index in [2.05, 4.69) is 4.98 Å². The number of hydrogen-bond acceptors (Lipinski definition) is 4. The van der Waals surface area contributed by atoms with Crippen LogP contribution in [0.2, 0.25) is 0 Å². The van der Waals surface area contributed by atoms with Crippen molar-refractivity contribution in [2.24, 2.45) is 5.73 Å². The Morgan fingerprint density at radius 3 is 3.31 bits per heavy atom. The molecule has 16 heavy (non-hydrogen) atoms. The standard InChI is InChI=1S/C11H11N3OS/c12-9(6-8-2-1-4-15-8)10-7-13-11-14(10)3-5-16-11/h1-5,7,9H,6,12H2. The Hall–Kier alpha value is -1.59. The van der Waals surface area contributed by atoms with E-state index in [0.29, 0.717) is 6.42 Å².